The van der Waals surface area contributed by atoms with Crippen molar-refractivity contribution >= 4 is 23.5 Å². The second-order valence-electron chi connectivity index (χ2n) is 2.54. The zero-order valence-electron chi connectivity index (χ0n) is 6.59. The normalized spacial score (nSPS) is 20.7. The quantitative estimate of drug-likeness (QED) is 0.407. The van der Waals surface area contributed by atoms with Gasteiger partial charge in [0.15, 0.2) is 0 Å². The van der Waals surface area contributed by atoms with Crippen LogP contribution >= 0.6 is 0 Å². The Morgan fingerprint density at radius 1 is 1.33 bits per heavy atom. The van der Waals surface area contributed by atoms with Crippen molar-refractivity contribution in [3.05, 3.63) is 0 Å². The maximum absolute atomic E-state index is 9.04. The Labute approximate surface area is 59.2 Å². The van der Waals surface area contributed by atoms with Gasteiger partial charge in [-0.05, 0) is 5.82 Å². The van der Waals surface area contributed by atoms with Crippen LogP contribution in [-0.2, 0) is 4.74 Å². The van der Waals surface area contributed by atoms with Gasteiger partial charge in [-0.2, -0.15) is 0 Å². The van der Waals surface area contributed by atoms with Crippen LogP contribution in [0.4, 0.5) is 0 Å². The molecule has 1 N–H and O–H groups in total. The second kappa shape index (κ2) is 4.02. The molecule has 5 heteroatoms. The molecule has 0 aromatic carbocycles. The van der Waals surface area contributed by atoms with E-state index >= 15 is 0 Å². The molecule has 0 saturated carbocycles. The third-order valence-electron chi connectivity index (χ3n) is 1.87. The highest BCUT2D eigenvalue weighted by Crippen LogP contribution is 2.08. The third kappa shape index (κ3) is 2.97. The number of aliphatic hydroxyl groups is 1. The minimum Gasteiger partial charge on any atom is -0.403 e. The van der Waals surface area contributed by atoms with Crippen LogP contribution in [0.1, 0.15) is 0 Å². The lowest BCUT2D eigenvalue weighted by Crippen LogP contribution is -2.28. The Hall–Kier alpha value is 0.115. The monoisotopic (exact) mass is 126 g/mol. The van der Waals surface area contributed by atoms with Gasteiger partial charge in [-0.25, -0.2) is 0 Å². The van der Waals surface area contributed by atoms with E-state index in [0.717, 1.165) is 0 Å². The van der Waals surface area contributed by atoms with Crippen molar-refractivity contribution in [1.82, 2.24) is 0 Å². The number of rotatable bonds is 3. The fraction of sp³-hybridized carbons (Fsp3) is 1.00. The van der Waals surface area contributed by atoms with Crippen LogP contribution < -0.4 is 0 Å². The van der Waals surface area contributed by atoms with Crippen LogP contribution in [0.25, 0.3) is 0 Å². The molecule has 0 bridgehead atoms. The van der Waals surface area contributed by atoms with E-state index in [0.29, 0.717) is 0 Å². The average Bonchev–Trinajstić information content (AvgIpc) is 1.84. The Balaban J connectivity index is 3.58. The van der Waals surface area contributed by atoms with Gasteiger partial charge >= 0.3 is 0 Å². The Morgan fingerprint density at radius 3 is 1.89 bits per heavy atom. The van der Waals surface area contributed by atoms with E-state index in [1.54, 1.807) is 15.0 Å². The summed E-state index contributed by atoms with van der Waals surface area (Å²) in [5, 5.41) is 9.04. The predicted octanol–water partition coefficient (Wildman–Crippen LogP) is -3.03. The zero-order chi connectivity index (χ0) is 7.44. The molecule has 3 atom stereocenters. The van der Waals surface area contributed by atoms with Crippen molar-refractivity contribution in [2.75, 3.05) is 7.11 Å². The maximum atomic E-state index is 9.04. The summed E-state index contributed by atoms with van der Waals surface area (Å²) < 4.78 is 5.01. The molecule has 0 aromatic heterocycles. The van der Waals surface area contributed by atoms with E-state index in [1.807, 2.05) is 15.7 Å². The summed E-state index contributed by atoms with van der Waals surface area (Å²) in [7, 11) is 7.36. The molecule has 0 radical (unpaired) electrons. The van der Waals surface area contributed by atoms with Gasteiger partial charge in [0.2, 0.25) is 0 Å². The van der Waals surface area contributed by atoms with E-state index in [1.165, 1.54) is 0 Å². The van der Waals surface area contributed by atoms with Gasteiger partial charge in [0, 0.05) is 19.1 Å². The fourth-order valence-corrected chi connectivity index (χ4v) is 0.607. The van der Waals surface area contributed by atoms with Crippen molar-refractivity contribution in [2.45, 2.75) is 17.8 Å². The molecule has 0 fully saturated rings. The molecular weight excluding hydrogens is 112 g/mol. The summed E-state index contributed by atoms with van der Waals surface area (Å²) in [6.45, 7) is 0. The summed E-state index contributed by atoms with van der Waals surface area (Å²) in [6, 6.07) is -0.134. The third-order valence-corrected chi connectivity index (χ3v) is 1.87. The highest BCUT2D eigenvalue weighted by molar-refractivity contribution is 6.25. The Bertz CT molecular complexity index is 78.2. The molecular formula is C4H13B3O2. The van der Waals surface area contributed by atoms with Crippen molar-refractivity contribution in [2.24, 2.45) is 0 Å². The Kier molecular flexibility index (Phi) is 4.07. The molecule has 0 rings (SSSR count). The number of methoxy groups -OCH3 is 1. The standard InChI is InChI=1S/C4H13B3O2/c1-9-4(7)2(5)3(6)8/h2-4,8H,5-7H2,1H3. The summed E-state index contributed by atoms with van der Waals surface area (Å²) in [6.07, 6.45) is 0. The number of ether oxygens (including phenoxy) is 1. The summed E-state index contributed by atoms with van der Waals surface area (Å²) in [5.41, 5.74) is 0. The minimum absolute atomic E-state index is 0.144. The molecule has 0 aliphatic heterocycles. The van der Waals surface area contributed by atoms with Crippen LogP contribution in [0.5, 0.6) is 0 Å². The van der Waals surface area contributed by atoms with Gasteiger partial charge in [0.05, 0.1) is 0 Å². The van der Waals surface area contributed by atoms with E-state index in [9.17, 15) is 0 Å². The number of hydrogen-bond acceptors (Lipinski definition) is 2. The first-order valence-corrected chi connectivity index (χ1v) is 3.30. The topological polar surface area (TPSA) is 29.5 Å². The Morgan fingerprint density at radius 2 is 1.78 bits per heavy atom. The van der Waals surface area contributed by atoms with Crippen LogP contribution in [0, 0.1) is 0 Å². The molecule has 2 nitrogen and oxygen atoms in total. The van der Waals surface area contributed by atoms with Crippen molar-refractivity contribution in [3.63, 3.8) is 0 Å². The molecule has 3 unspecified atom stereocenters. The van der Waals surface area contributed by atoms with E-state index in [-0.39, 0.29) is 17.8 Å². The van der Waals surface area contributed by atoms with Crippen molar-refractivity contribution in [1.29, 1.82) is 0 Å². The first kappa shape index (κ1) is 9.11. The molecule has 0 spiro atoms. The van der Waals surface area contributed by atoms with Gasteiger partial charge in [0.25, 0.3) is 0 Å². The van der Waals surface area contributed by atoms with Crippen LogP contribution in [0.3, 0.4) is 0 Å². The highest BCUT2D eigenvalue weighted by atomic mass is 16.5. The van der Waals surface area contributed by atoms with Gasteiger partial charge in [-0.3, -0.25) is 0 Å². The average molecular weight is 126 g/mol. The predicted molar refractivity (Wildman–Crippen MR) is 46.2 cm³/mol. The molecule has 0 amide bonds. The molecule has 0 heterocycles. The highest BCUT2D eigenvalue weighted by Gasteiger charge is 2.15. The summed E-state index contributed by atoms with van der Waals surface area (Å²) in [5.74, 6) is 0.218. The van der Waals surface area contributed by atoms with Crippen LogP contribution in [0.2, 0.25) is 5.82 Å². The first-order chi connectivity index (χ1) is 4.09. The number of aliphatic hydroxyl groups excluding tert-OH is 1. The van der Waals surface area contributed by atoms with Crippen LogP contribution in [0.15, 0.2) is 0 Å². The lowest BCUT2D eigenvalue weighted by atomic mass is 9.65. The SMILES string of the molecule is BC(O)C(B)C(B)OC. The van der Waals surface area contributed by atoms with Gasteiger partial charge in [-0.15, -0.1) is 0 Å². The van der Waals surface area contributed by atoms with Crippen molar-refractivity contribution < 1.29 is 9.84 Å². The van der Waals surface area contributed by atoms with Crippen molar-refractivity contribution in [3.8, 4) is 0 Å². The summed E-state index contributed by atoms with van der Waals surface area (Å²) in [4.78, 5) is 0. The largest absolute Gasteiger partial charge is 0.403 e. The zero-order valence-corrected chi connectivity index (χ0v) is 6.59. The fourth-order valence-electron chi connectivity index (χ4n) is 0.607. The molecule has 0 aromatic rings. The van der Waals surface area contributed by atoms with Gasteiger partial charge in [0.1, 0.15) is 23.5 Å². The maximum Gasteiger partial charge on any atom is 0.138 e. The molecule has 0 aliphatic rings. The number of hydrogen-bond donors (Lipinski definition) is 1. The van der Waals surface area contributed by atoms with Gasteiger partial charge < -0.3 is 9.84 Å². The molecule has 0 saturated heterocycles. The minimum atomic E-state index is -0.278. The second-order valence-corrected chi connectivity index (χ2v) is 2.54. The lowest BCUT2D eigenvalue weighted by Gasteiger charge is -2.20. The smallest absolute Gasteiger partial charge is 0.138 e. The molecule has 50 valence electrons. The van der Waals surface area contributed by atoms with E-state index < -0.39 is 0 Å². The van der Waals surface area contributed by atoms with Crippen LogP contribution in [-0.4, -0.2) is 47.8 Å². The van der Waals surface area contributed by atoms with Gasteiger partial charge in [-0.1, -0.05) is 0 Å². The molecule has 0 aliphatic carbocycles. The first-order valence-electron chi connectivity index (χ1n) is 3.30. The van der Waals surface area contributed by atoms with E-state index in [2.05, 4.69) is 0 Å². The summed E-state index contributed by atoms with van der Waals surface area (Å²) >= 11 is 0. The van der Waals surface area contributed by atoms with E-state index in [4.69, 9.17) is 9.84 Å². The lowest BCUT2D eigenvalue weighted by molar-refractivity contribution is 0.123. The molecule has 9 heavy (non-hydrogen) atoms.